The summed E-state index contributed by atoms with van der Waals surface area (Å²) < 4.78 is 11.8. The van der Waals surface area contributed by atoms with Crippen LogP contribution in [0.3, 0.4) is 0 Å². The zero-order chi connectivity index (χ0) is 17.4. The maximum atomic E-state index is 13.2. The number of carbonyl (C=O) groups is 1. The molecular weight excluding hydrogens is 338 g/mol. The molecule has 25 heavy (non-hydrogen) atoms. The van der Waals surface area contributed by atoms with Crippen molar-refractivity contribution in [3.8, 4) is 11.3 Å². The molecular formula is C20H22ClNO3. The van der Waals surface area contributed by atoms with E-state index in [4.69, 9.17) is 20.8 Å². The van der Waals surface area contributed by atoms with E-state index in [0.717, 1.165) is 24.8 Å². The minimum Gasteiger partial charge on any atom is -0.461 e. The van der Waals surface area contributed by atoms with Crippen LogP contribution in [0.5, 0.6) is 0 Å². The topological polar surface area (TPSA) is 42.7 Å². The van der Waals surface area contributed by atoms with Gasteiger partial charge in [0, 0.05) is 17.1 Å². The Balaban J connectivity index is 1.60. The van der Waals surface area contributed by atoms with E-state index < -0.39 is 0 Å². The fourth-order valence-corrected chi connectivity index (χ4v) is 4.08. The largest absolute Gasteiger partial charge is 0.461 e. The van der Waals surface area contributed by atoms with E-state index >= 15 is 0 Å². The van der Waals surface area contributed by atoms with Gasteiger partial charge in [-0.1, -0.05) is 24.4 Å². The summed E-state index contributed by atoms with van der Waals surface area (Å²) in [6.45, 7) is 3.13. The van der Waals surface area contributed by atoms with Crippen molar-refractivity contribution < 1.29 is 13.9 Å². The lowest BCUT2D eigenvalue weighted by Crippen LogP contribution is -2.54. The Labute approximate surface area is 152 Å². The number of ether oxygens (including phenoxy) is 1. The number of fused-ring (bicyclic) bond motifs is 1. The monoisotopic (exact) mass is 359 g/mol. The first kappa shape index (κ1) is 16.7. The maximum Gasteiger partial charge on any atom is 0.257 e. The van der Waals surface area contributed by atoms with Gasteiger partial charge in [0.1, 0.15) is 11.5 Å². The van der Waals surface area contributed by atoms with Crippen LogP contribution in [0.15, 0.2) is 34.7 Å². The number of hydrogen-bond donors (Lipinski definition) is 0. The molecule has 132 valence electrons. The van der Waals surface area contributed by atoms with Gasteiger partial charge in [-0.3, -0.25) is 4.79 Å². The van der Waals surface area contributed by atoms with E-state index in [-0.39, 0.29) is 18.1 Å². The summed E-state index contributed by atoms with van der Waals surface area (Å²) >= 11 is 5.95. The summed E-state index contributed by atoms with van der Waals surface area (Å²) in [6.07, 6.45) is 4.62. The van der Waals surface area contributed by atoms with Crippen LogP contribution in [0.2, 0.25) is 5.02 Å². The van der Waals surface area contributed by atoms with Crippen molar-refractivity contribution >= 4 is 17.5 Å². The summed E-state index contributed by atoms with van der Waals surface area (Å²) in [7, 11) is 0. The van der Waals surface area contributed by atoms with Gasteiger partial charge in [-0.15, -0.1) is 0 Å². The third kappa shape index (κ3) is 3.21. The molecule has 1 amide bonds. The first-order valence-electron chi connectivity index (χ1n) is 8.92. The van der Waals surface area contributed by atoms with Crippen LogP contribution in [0.25, 0.3) is 11.3 Å². The molecule has 0 bridgehead atoms. The van der Waals surface area contributed by atoms with Crippen LogP contribution >= 0.6 is 11.6 Å². The van der Waals surface area contributed by atoms with E-state index in [1.807, 2.05) is 42.2 Å². The molecule has 1 saturated carbocycles. The minimum absolute atomic E-state index is 0.0571. The van der Waals surface area contributed by atoms with Crippen LogP contribution in [0, 0.1) is 6.92 Å². The molecule has 4 rings (SSSR count). The zero-order valence-electron chi connectivity index (χ0n) is 14.3. The molecule has 2 fully saturated rings. The van der Waals surface area contributed by atoms with E-state index in [1.54, 1.807) is 0 Å². The Hall–Kier alpha value is -1.78. The predicted octanol–water partition coefficient (Wildman–Crippen LogP) is 4.69. The second-order valence-corrected chi connectivity index (χ2v) is 7.28. The van der Waals surface area contributed by atoms with Crippen LogP contribution in [-0.2, 0) is 4.74 Å². The molecule has 1 aromatic carbocycles. The third-order valence-electron chi connectivity index (χ3n) is 5.27. The number of amides is 1. The maximum absolute atomic E-state index is 13.2. The molecule has 1 aliphatic carbocycles. The van der Waals surface area contributed by atoms with Gasteiger partial charge in [-0.05, 0) is 50.1 Å². The highest BCUT2D eigenvalue weighted by atomic mass is 35.5. The Morgan fingerprint density at radius 1 is 1.20 bits per heavy atom. The number of furan rings is 1. The smallest absolute Gasteiger partial charge is 0.257 e. The molecule has 2 heterocycles. The van der Waals surface area contributed by atoms with Gasteiger partial charge in [0.15, 0.2) is 0 Å². The molecule has 1 aliphatic heterocycles. The Kier molecular flexibility index (Phi) is 4.57. The number of benzene rings is 1. The molecule has 2 atom stereocenters. The molecule has 1 saturated heterocycles. The Morgan fingerprint density at radius 2 is 1.96 bits per heavy atom. The van der Waals surface area contributed by atoms with Crippen molar-refractivity contribution in [1.82, 2.24) is 4.90 Å². The highest BCUT2D eigenvalue weighted by Crippen LogP contribution is 2.32. The predicted molar refractivity (Wildman–Crippen MR) is 96.9 cm³/mol. The number of nitrogens with zero attached hydrogens (tertiary/aromatic N) is 1. The number of carbonyl (C=O) groups excluding carboxylic acids is 1. The molecule has 0 radical (unpaired) electrons. The van der Waals surface area contributed by atoms with Crippen LogP contribution in [-0.4, -0.2) is 36.1 Å². The summed E-state index contributed by atoms with van der Waals surface area (Å²) in [4.78, 5) is 15.2. The summed E-state index contributed by atoms with van der Waals surface area (Å²) in [5, 5.41) is 0.681. The highest BCUT2D eigenvalue weighted by molar-refractivity contribution is 6.30. The molecule has 2 aromatic rings. The van der Waals surface area contributed by atoms with Crippen LogP contribution in [0.4, 0.5) is 0 Å². The van der Waals surface area contributed by atoms with Crippen molar-refractivity contribution in [3.63, 3.8) is 0 Å². The lowest BCUT2D eigenvalue weighted by molar-refractivity contribution is -0.0753. The fraction of sp³-hybridized carbons (Fsp3) is 0.450. The van der Waals surface area contributed by atoms with Crippen molar-refractivity contribution in [2.75, 3.05) is 13.2 Å². The molecule has 1 aromatic heterocycles. The lowest BCUT2D eigenvalue weighted by Gasteiger charge is -2.43. The zero-order valence-corrected chi connectivity index (χ0v) is 15.1. The average molecular weight is 360 g/mol. The van der Waals surface area contributed by atoms with Gasteiger partial charge in [0.05, 0.1) is 24.3 Å². The van der Waals surface area contributed by atoms with E-state index in [1.165, 1.54) is 6.42 Å². The average Bonchev–Trinajstić information content (AvgIpc) is 3.03. The van der Waals surface area contributed by atoms with E-state index in [0.29, 0.717) is 35.3 Å². The van der Waals surface area contributed by atoms with Crippen molar-refractivity contribution in [2.24, 2.45) is 0 Å². The first-order chi connectivity index (χ1) is 12.1. The van der Waals surface area contributed by atoms with Gasteiger partial charge in [-0.2, -0.15) is 0 Å². The molecule has 4 nitrogen and oxygen atoms in total. The molecule has 0 N–H and O–H groups in total. The van der Waals surface area contributed by atoms with Crippen molar-refractivity contribution in [3.05, 3.63) is 46.7 Å². The van der Waals surface area contributed by atoms with Crippen LogP contribution in [0.1, 0.15) is 41.8 Å². The Bertz CT molecular complexity index is 766. The molecule has 5 heteroatoms. The summed E-state index contributed by atoms with van der Waals surface area (Å²) in [5.74, 6) is 1.42. The van der Waals surface area contributed by atoms with Gasteiger partial charge in [-0.25, -0.2) is 0 Å². The normalized spacial score (nSPS) is 23.4. The highest BCUT2D eigenvalue weighted by Gasteiger charge is 2.37. The van der Waals surface area contributed by atoms with Gasteiger partial charge >= 0.3 is 0 Å². The molecule has 2 aliphatic rings. The first-order valence-corrected chi connectivity index (χ1v) is 9.30. The molecule has 0 unspecified atom stereocenters. The van der Waals surface area contributed by atoms with E-state index in [9.17, 15) is 4.79 Å². The fourth-order valence-electron chi connectivity index (χ4n) is 3.95. The number of hydrogen-bond acceptors (Lipinski definition) is 3. The Morgan fingerprint density at radius 3 is 2.76 bits per heavy atom. The van der Waals surface area contributed by atoms with Crippen molar-refractivity contribution in [1.29, 1.82) is 0 Å². The number of aryl methyl sites for hydroxylation is 1. The number of morpholine rings is 1. The lowest BCUT2D eigenvalue weighted by atomic mass is 9.89. The third-order valence-corrected chi connectivity index (χ3v) is 5.52. The molecule has 0 spiro atoms. The van der Waals surface area contributed by atoms with Gasteiger partial charge in [0.2, 0.25) is 0 Å². The standard InChI is InChI=1S/C20H22ClNO3/c1-13-16(12-19(25-13)14-6-8-15(21)9-7-14)20(23)22-10-11-24-18-5-3-2-4-17(18)22/h6-9,12,17-18H,2-5,10-11H2,1H3/t17-,18+/m0/s1. The second kappa shape index (κ2) is 6.85. The van der Waals surface area contributed by atoms with Crippen molar-refractivity contribution in [2.45, 2.75) is 44.8 Å². The second-order valence-electron chi connectivity index (χ2n) is 6.85. The quantitative estimate of drug-likeness (QED) is 0.781. The summed E-state index contributed by atoms with van der Waals surface area (Å²) in [5.41, 5.74) is 1.57. The van der Waals surface area contributed by atoms with Gasteiger partial charge in [0.25, 0.3) is 5.91 Å². The van der Waals surface area contributed by atoms with Crippen LogP contribution < -0.4 is 0 Å². The number of halogens is 1. The van der Waals surface area contributed by atoms with E-state index in [2.05, 4.69) is 0 Å². The summed E-state index contributed by atoms with van der Waals surface area (Å²) in [6, 6.07) is 9.51. The van der Waals surface area contributed by atoms with Gasteiger partial charge < -0.3 is 14.1 Å². The SMILES string of the molecule is Cc1oc(-c2ccc(Cl)cc2)cc1C(=O)N1CCO[C@@H]2CCCC[C@@H]21. The minimum atomic E-state index is 0.0571. The number of rotatable bonds is 2.